The third-order valence-corrected chi connectivity index (χ3v) is 3.66. The van der Waals surface area contributed by atoms with Gasteiger partial charge in [-0.3, -0.25) is 9.36 Å². The van der Waals surface area contributed by atoms with E-state index in [0.717, 1.165) is 25.9 Å². The quantitative estimate of drug-likeness (QED) is 0.892. The second kappa shape index (κ2) is 5.09. The highest BCUT2D eigenvalue weighted by atomic mass is 19.1. The van der Waals surface area contributed by atoms with E-state index in [1.165, 1.54) is 12.4 Å². The average Bonchev–Trinajstić information content (AvgIpc) is 2.44. The molecule has 1 atom stereocenters. The molecule has 19 heavy (non-hydrogen) atoms. The van der Waals surface area contributed by atoms with E-state index in [9.17, 15) is 9.18 Å². The monoisotopic (exact) mass is 261 g/mol. The number of para-hydroxylation sites is 1. The molecule has 1 aromatic carbocycles. The van der Waals surface area contributed by atoms with Gasteiger partial charge in [0.05, 0.1) is 11.7 Å². The Balaban J connectivity index is 1.96. The predicted molar refractivity (Wildman–Crippen MR) is 71.6 cm³/mol. The first-order valence-electron chi connectivity index (χ1n) is 6.60. The summed E-state index contributed by atoms with van der Waals surface area (Å²) < 4.78 is 15.1. The number of hydrogen-bond acceptors (Lipinski definition) is 3. The zero-order valence-electron chi connectivity index (χ0n) is 10.6. The Hall–Kier alpha value is -1.75. The van der Waals surface area contributed by atoms with Crippen LogP contribution in [0.25, 0.3) is 10.9 Å². The van der Waals surface area contributed by atoms with Gasteiger partial charge in [0.25, 0.3) is 5.56 Å². The van der Waals surface area contributed by atoms with Crippen molar-refractivity contribution in [3.05, 3.63) is 40.7 Å². The molecule has 3 rings (SSSR count). The summed E-state index contributed by atoms with van der Waals surface area (Å²) in [5, 5.41) is 3.68. The average molecular weight is 261 g/mol. The Labute approximate surface area is 110 Å². The summed E-state index contributed by atoms with van der Waals surface area (Å²) in [5.41, 5.74) is 0.000549. The van der Waals surface area contributed by atoms with E-state index in [0.29, 0.717) is 17.8 Å². The van der Waals surface area contributed by atoms with E-state index < -0.39 is 5.82 Å². The maximum Gasteiger partial charge on any atom is 0.261 e. The van der Waals surface area contributed by atoms with Crippen LogP contribution in [-0.4, -0.2) is 22.6 Å². The van der Waals surface area contributed by atoms with Gasteiger partial charge >= 0.3 is 0 Å². The molecule has 1 aliphatic heterocycles. The highest BCUT2D eigenvalue weighted by Gasteiger charge is 2.15. The summed E-state index contributed by atoms with van der Waals surface area (Å²) in [7, 11) is 0. The van der Waals surface area contributed by atoms with Crippen LogP contribution in [0.1, 0.15) is 12.8 Å². The number of rotatable bonds is 2. The minimum atomic E-state index is -0.443. The lowest BCUT2D eigenvalue weighted by Gasteiger charge is -2.23. The number of nitrogens with one attached hydrogen (secondary N) is 1. The normalized spacial score (nSPS) is 19.7. The third-order valence-electron chi connectivity index (χ3n) is 3.66. The number of nitrogens with zero attached hydrogens (tertiary/aromatic N) is 2. The largest absolute Gasteiger partial charge is 0.316 e. The molecule has 0 bridgehead atoms. The summed E-state index contributed by atoms with van der Waals surface area (Å²) in [4.78, 5) is 16.4. The number of halogens is 1. The van der Waals surface area contributed by atoms with E-state index in [-0.39, 0.29) is 11.1 Å². The van der Waals surface area contributed by atoms with Crippen molar-refractivity contribution in [1.29, 1.82) is 0 Å². The van der Waals surface area contributed by atoms with Crippen LogP contribution in [-0.2, 0) is 6.54 Å². The smallest absolute Gasteiger partial charge is 0.261 e. The summed E-state index contributed by atoms with van der Waals surface area (Å²) in [6, 6.07) is 4.50. The fraction of sp³-hybridized carbons (Fsp3) is 0.429. The molecular weight excluding hydrogens is 245 g/mol. The molecule has 2 heterocycles. The summed E-state index contributed by atoms with van der Waals surface area (Å²) in [6.07, 6.45) is 3.71. The Morgan fingerprint density at radius 2 is 2.37 bits per heavy atom. The first-order valence-corrected chi connectivity index (χ1v) is 6.60. The maximum atomic E-state index is 13.5. The summed E-state index contributed by atoms with van der Waals surface area (Å²) >= 11 is 0. The number of fused-ring (bicyclic) bond motifs is 1. The van der Waals surface area contributed by atoms with E-state index >= 15 is 0 Å². The molecule has 1 aromatic heterocycles. The molecule has 0 aliphatic carbocycles. The van der Waals surface area contributed by atoms with Gasteiger partial charge in [0, 0.05) is 6.54 Å². The van der Waals surface area contributed by atoms with Crippen molar-refractivity contribution in [2.45, 2.75) is 19.4 Å². The van der Waals surface area contributed by atoms with Gasteiger partial charge in [-0.2, -0.15) is 0 Å². The Morgan fingerprint density at radius 1 is 1.47 bits per heavy atom. The molecule has 1 fully saturated rings. The van der Waals surface area contributed by atoms with Crippen LogP contribution in [0.3, 0.4) is 0 Å². The van der Waals surface area contributed by atoms with Gasteiger partial charge in [0.1, 0.15) is 11.3 Å². The molecule has 0 spiro atoms. The van der Waals surface area contributed by atoms with Crippen LogP contribution in [0.15, 0.2) is 29.3 Å². The zero-order valence-corrected chi connectivity index (χ0v) is 10.6. The topological polar surface area (TPSA) is 46.9 Å². The Morgan fingerprint density at radius 3 is 3.16 bits per heavy atom. The van der Waals surface area contributed by atoms with Crippen molar-refractivity contribution >= 4 is 10.9 Å². The van der Waals surface area contributed by atoms with Crippen molar-refractivity contribution in [3.63, 3.8) is 0 Å². The van der Waals surface area contributed by atoms with Crippen LogP contribution >= 0.6 is 0 Å². The van der Waals surface area contributed by atoms with E-state index in [1.807, 2.05) is 0 Å². The zero-order chi connectivity index (χ0) is 13.2. The Bertz CT molecular complexity index is 647. The van der Waals surface area contributed by atoms with Gasteiger partial charge in [0.15, 0.2) is 0 Å². The van der Waals surface area contributed by atoms with Crippen molar-refractivity contribution in [1.82, 2.24) is 14.9 Å². The van der Waals surface area contributed by atoms with E-state index in [1.54, 1.807) is 16.7 Å². The molecule has 1 saturated heterocycles. The van der Waals surface area contributed by atoms with Crippen LogP contribution in [0.2, 0.25) is 0 Å². The lowest BCUT2D eigenvalue weighted by molar-refractivity contribution is 0.333. The standard InChI is InChI=1S/C14H16FN3O/c15-12-5-1-4-11-13(12)17-9-18(14(11)19)8-10-3-2-6-16-7-10/h1,4-5,9-10,16H,2-3,6-8H2. The molecular formula is C14H16FN3O. The van der Waals surface area contributed by atoms with Gasteiger partial charge in [0.2, 0.25) is 0 Å². The van der Waals surface area contributed by atoms with Gasteiger partial charge in [-0.05, 0) is 44.0 Å². The molecule has 0 amide bonds. The van der Waals surface area contributed by atoms with Crippen LogP contribution < -0.4 is 10.9 Å². The number of piperidine rings is 1. The number of benzene rings is 1. The Kier molecular flexibility index (Phi) is 3.29. The minimum Gasteiger partial charge on any atom is -0.316 e. The van der Waals surface area contributed by atoms with Crippen molar-refractivity contribution in [3.8, 4) is 0 Å². The summed E-state index contributed by atoms with van der Waals surface area (Å²) in [6.45, 7) is 2.62. The van der Waals surface area contributed by atoms with Gasteiger partial charge in [-0.25, -0.2) is 9.37 Å². The number of hydrogen-bond donors (Lipinski definition) is 1. The van der Waals surface area contributed by atoms with Gasteiger partial charge < -0.3 is 5.32 Å². The van der Waals surface area contributed by atoms with Gasteiger partial charge in [-0.15, -0.1) is 0 Å². The van der Waals surface area contributed by atoms with Crippen molar-refractivity contribution in [2.75, 3.05) is 13.1 Å². The predicted octanol–water partition coefficient (Wildman–Crippen LogP) is 1.54. The molecule has 4 nitrogen and oxygen atoms in total. The summed E-state index contributed by atoms with van der Waals surface area (Å²) in [5.74, 6) is 0.000317. The second-order valence-electron chi connectivity index (χ2n) is 5.05. The fourth-order valence-corrected chi connectivity index (χ4v) is 2.64. The molecule has 100 valence electrons. The van der Waals surface area contributed by atoms with E-state index in [4.69, 9.17) is 0 Å². The minimum absolute atomic E-state index is 0.157. The highest BCUT2D eigenvalue weighted by Crippen LogP contribution is 2.14. The van der Waals surface area contributed by atoms with Crippen LogP contribution in [0.5, 0.6) is 0 Å². The lowest BCUT2D eigenvalue weighted by atomic mass is 10.00. The first kappa shape index (κ1) is 12.3. The SMILES string of the molecule is O=c1c2cccc(F)c2ncn1CC1CCCNC1. The third kappa shape index (κ3) is 2.38. The second-order valence-corrected chi connectivity index (χ2v) is 5.05. The maximum absolute atomic E-state index is 13.5. The fourth-order valence-electron chi connectivity index (χ4n) is 2.64. The molecule has 2 aromatic rings. The van der Waals surface area contributed by atoms with Crippen molar-refractivity contribution in [2.24, 2.45) is 5.92 Å². The molecule has 0 saturated carbocycles. The lowest BCUT2D eigenvalue weighted by Crippen LogP contribution is -2.34. The highest BCUT2D eigenvalue weighted by molar-refractivity contribution is 5.77. The molecule has 5 heteroatoms. The van der Waals surface area contributed by atoms with Crippen LogP contribution in [0, 0.1) is 11.7 Å². The van der Waals surface area contributed by atoms with Crippen molar-refractivity contribution < 1.29 is 4.39 Å². The first-order chi connectivity index (χ1) is 9.25. The van der Waals surface area contributed by atoms with E-state index in [2.05, 4.69) is 10.3 Å². The molecule has 0 radical (unpaired) electrons. The molecule has 1 unspecified atom stereocenters. The number of aromatic nitrogens is 2. The molecule has 1 aliphatic rings. The molecule has 1 N–H and O–H groups in total. The van der Waals surface area contributed by atoms with Gasteiger partial charge in [-0.1, -0.05) is 6.07 Å². The van der Waals surface area contributed by atoms with Crippen LogP contribution in [0.4, 0.5) is 4.39 Å².